The van der Waals surface area contributed by atoms with Gasteiger partial charge in [-0.2, -0.15) is 0 Å². The van der Waals surface area contributed by atoms with E-state index >= 15 is 0 Å². The number of nitrogens with one attached hydrogen (secondary N) is 1. The fraction of sp³-hybridized carbons (Fsp3) is 0.0909. The lowest BCUT2D eigenvalue weighted by Gasteiger charge is -2.10. The molecule has 0 aromatic carbocycles. The summed E-state index contributed by atoms with van der Waals surface area (Å²) in [6, 6.07) is 2.95. The molecule has 6 nitrogen and oxygen atoms in total. The van der Waals surface area contributed by atoms with Gasteiger partial charge in [0.25, 0.3) is 10.0 Å². The topological polar surface area (TPSA) is 98.0 Å². The summed E-state index contributed by atoms with van der Waals surface area (Å²) in [7, 11) is -3.77. The summed E-state index contributed by atoms with van der Waals surface area (Å²) >= 11 is 5.76. The Labute approximate surface area is 115 Å². The number of halogens is 1. The zero-order valence-electron chi connectivity index (χ0n) is 9.96. The van der Waals surface area contributed by atoms with E-state index in [-0.39, 0.29) is 15.7 Å². The molecule has 2 aromatic rings. The number of nitrogens with zero attached hydrogens (tertiary/aromatic N) is 2. The number of hydrogen-bond donors (Lipinski definition) is 2. The van der Waals surface area contributed by atoms with Crippen LogP contribution in [0, 0.1) is 6.92 Å². The summed E-state index contributed by atoms with van der Waals surface area (Å²) in [6.45, 7) is 1.77. The smallest absolute Gasteiger partial charge is 0.263 e. The van der Waals surface area contributed by atoms with Crippen LogP contribution >= 0.6 is 11.6 Å². The maximum atomic E-state index is 12.1. The molecule has 0 aliphatic heterocycles. The highest BCUT2D eigenvalue weighted by Crippen LogP contribution is 2.22. The van der Waals surface area contributed by atoms with E-state index in [1.54, 1.807) is 19.2 Å². The average molecular weight is 299 g/mol. The third kappa shape index (κ3) is 2.94. The molecular formula is C11H11ClN4O2S. The van der Waals surface area contributed by atoms with E-state index in [1.807, 2.05) is 0 Å². The quantitative estimate of drug-likeness (QED) is 0.900. The lowest BCUT2D eigenvalue weighted by atomic mass is 10.3. The molecule has 0 aliphatic carbocycles. The van der Waals surface area contributed by atoms with E-state index in [0.29, 0.717) is 5.69 Å². The number of pyridine rings is 2. The first-order valence-corrected chi connectivity index (χ1v) is 7.11. The van der Waals surface area contributed by atoms with Gasteiger partial charge in [-0.1, -0.05) is 11.6 Å². The molecular weight excluding hydrogens is 288 g/mol. The molecule has 2 heterocycles. The van der Waals surface area contributed by atoms with Crippen molar-refractivity contribution < 1.29 is 8.42 Å². The van der Waals surface area contributed by atoms with Gasteiger partial charge in [0.1, 0.15) is 10.7 Å². The Morgan fingerprint density at radius 2 is 2.11 bits per heavy atom. The minimum atomic E-state index is -3.77. The molecule has 0 saturated heterocycles. The number of rotatable bonds is 3. The molecule has 0 spiro atoms. The number of aryl methyl sites for hydroxylation is 1. The highest BCUT2D eigenvalue weighted by Gasteiger charge is 2.17. The zero-order valence-corrected chi connectivity index (χ0v) is 11.5. The highest BCUT2D eigenvalue weighted by molar-refractivity contribution is 7.92. The predicted molar refractivity (Wildman–Crippen MR) is 73.4 cm³/mol. The Morgan fingerprint density at radius 1 is 1.37 bits per heavy atom. The third-order valence-electron chi connectivity index (χ3n) is 2.44. The lowest BCUT2D eigenvalue weighted by Crippen LogP contribution is -2.14. The summed E-state index contributed by atoms with van der Waals surface area (Å²) in [6.07, 6.45) is 4.16. The normalized spacial score (nSPS) is 11.3. The summed E-state index contributed by atoms with van der Waals surface area (Å²) in [5.74, 6) is 0.0816. The first-order chi connectivity index (χ1) is 8.90. The van der Waals surface area contributed by atoms with Crippen LogP contribution in [0.1, 0.15) is 5.56 Å². The van der Waals surface area contributed by atoms with Crippen LogP contribution in [0.4, 0.5) is 11.5 Å². The van der Waals surface area contributed by atoms with Crippen molar-refractivity contribution in [1.82, 2.24) is 9.97 Å². The van der Waals surface area contributed by atoms with Gasteiger partial charge in [0.2, 0.25) is 0 Å². The van der Waals surface area contributed by atoms with Crippen LogP contribution in [0.2, 0.25) is 5.02 Å². The standard InChI is InChI=1S/C11H11ClN4O2S/c1-7-2-3-14-6-10(7)16-19(17,18)8-4-9(12)11(13)15-5-8/h2-6,16H,1H3,(H2,13,15). The average Bonchev–Trinajstić information content (AvgIpc) is 2.35. The number of sulfonamides is 1. The van der Waals surface area contributed by atoms with Crippen LogP contribution in [0.25, 0.3) is 0 Å². The van der Waals surface area contributed by atoms with E-state index in [0.717, 1.165) is 11.8 Å². The molecule has 0 saturated carbocycles. The molecule has 0 aliphatic rings. The fourth-order valence-corrected chi connectivity index (χ4v) is 2.67. The number of nitrogens with two attached hydrogens (primary N) is 1. The Bertz CT molecular complexity index is 718. The molecule has 3 N–H and O–H groups in total. The Hall–Kier alpha value is -1.86. The molecule has 0 amide bonds. The van der Waals surface area contributed by atoms with Crippen LogP contribution in [0.3, 0.4) is 0 Å². The number of nitrogen functional groups attached to an aromatic ring is 1. The van der Waals surface area contributed by atoms with Crippen molar-refractivity contribution in [3.8, 4) is 0 Å². The number of aromatic nitrogens is 2. The molecule has 0 bridgehead atoms. The van der Waals surface area contributed by atoms with Crippen molar-refractivity contribution in [3.63, 3.8) is 0 Å². The van der Waals surface area contributed by atoms with Gasteiger partial charge in [0.15, 0.2) is 0 Å². The maximum absolute atomic E-state index is 12.1. The van der Waals surface area contributed by atoms with Gasteiger partial charge in [0, 0.05) is 12.4 Å². The van der Waals surface area contributed by atoms with Crippen LogP contribution < -0.4 is 10.5 Å². The molecule has 0 radical (unpaired) electrons. The highest BCUT2D eigenvalue weighted by atomic mass is 35.5. The minimum Gasteiger partial charge on any atom is -0.382 e. The van der Waals surface area contributed by atoms with E-state index in [9.17, 15) is 8.42 Å². The Balaban J connectivity index is 2.38. The first kappa shape index (κ1) is 13.6. The number of hydrogen-bond acceptors (Lipinski definition) is 5. The van der Waals surface area contributed by atoms with Crippen molar-refractivity contribution in [2.75, 3.05) is 10.5 Å². The van der Waals surface area contributed by atoms with Crippen molar-refractivity contribution in [2.45, 2.75) is 11.8 Å². The van der Waals surface area contributed by atoms with Crippen LogP contribution in [-0.2, 0) is 10.0 Å². The van der Waals surface area contributed by atoms with Gasteiger partial charge < -0.3 is 5.73 Å². The van der Waals surface area contributed by atoms with Gasteiger partial charge in [0.05, 0.1) is 16.9 Å². The Morgan fingerprint density at radius 3 is 2.74 bits per heavy atom. The third-order valence-corrected chi connectivity index (χ3v) is 4.07. The van der Waals surface area contributed by atoms with Crippen molar-refractivity contribution >= 4 is 33.1 Å². The van der Waals surface area contributed by atoms with E-state index in [4.69, 9.17) is 17.3 Å². The summed E-state index contributed by atoms with van der Waals surface area (Å²) < 4.78 is 26.7. The van der Waals surface area contributed by atoms with Gasteiger partial charge in [-0.3, -0.25) is 9.71 Å². The zero-order chi connectivity index (χ0) is 14.0. The van der Waals surface area contributed by atoms with Gasteiger partial charge in [-0.25, -0.2) is 13.4 Å². The summed E-state index contributed by atoms with van der Waals surface area (Å²) in [5, 5.41) is 0.0887. The molecule has 2 rings (SSSR count). The van der Waals surface area contributed by atoms with Gasteiger partial charge in [-0.05, 0) is 24.6 Å². The minimum absolute atomic E-state index is 0.0602. The fourth-order valence-electron chi connectivity index (χ4n) is 1.35. The molecule has 0 unspecified atom stereocenters. The maximum Gasteiger partial charge on any atom is 0.263 e. The molecule has 19 heavy (non-hydrogen) atoms. The molecule has 0 fully saturated rings. The van der Waals surface area contributed by atoms with Crippen molar-refractivity contribution in [2.24, 2.45) is 0 Å². The predicted octanol–water partition coefficient (Wildman–Crippen LogP) is 1.82. The second-order valence-corrected chi connectivity index (χ2v) is 5.92. The van der Waals surface area contributed by atoms with Crippen LogP contribution in [0.5, 0.6) is 0 Å². The number of anilines is 2. The lowest BCUT2D eigenvalue weighted by molar-refractivity contribution is 0.601. The van der Waals surface area contributed by atoms with Gasteiger partial charge in [-0.15, -0.1) is 0 Å². The summed E-state index contributed by atoms with van der Waals surface area (Å²) in [4.78, 5) is 7.53. The largest absolute Gasteiger partial charge is 0.382 e. The van der Waals surface area contributed by atoms with Crippen LogP contribution in [0.15, 0.2) is 35.6 Å². The second-order valence-electron chi connectivity index (χ2n) is 3.83. The van der Waals surface area contributed by atoms with Gasteiger partial charge >= 0.3 is 0 Å². The Kier molecular flexibility index (Phi) is 3.59. The van der Waals surface area contributed by atoms with E-state index in [2.05, 4.69) is 14.7 Å². The van der Waals surface area contributed by atoms with Crippen molar-refractivity contribution in [3.05, 3.63) is 41.3 Å². The SMILES string of the molecule is Cc1ccncc1NS(=O)(=O)c1cnc(N)c(Cl)c1. The molecule has 8 heteroatoms. The molecule has 2 aromatic heterocycles. The van der Waals surface area contributed by atoms with Crippen molar-refractivity contribution in [1.29, 1.82) is 0 Å². The monoisotopic (exact) mass is 298 g/mol. The first-order valence-electron chi connectivity index (χ1n) is 5.24. The molecule has 0 atom stereocenters. The second kappa shape index (κ2) is 5.02. The summed E-state index contributed by atoms with van der Waals surface area (Å²) in [5.41, 5.74) is 6.60. The molecule has 100 valence electrons. The van der Waals surface area contributed by atoms with E-state index < -0.39 is 10.0 Å². The van der Waals surface area contributed by atoms with E-state index in [1.165, 1.54) is 12.3 Å². The van der Waals surface area contributed by atoms with Crippen LogP contribution in [-0.4, -0.2) is 18.4 Å².